The average molecular weight is 413 g/mol. The molecule has 2 aliphatic rings. The van der Waals surface area contributed by atoms with Crippen LogP contribution in [-0.2, 0) is 30.7 Å². The fourth-order valence-electron chi connectivity index (χ4n) is 4.31. The Balaban J connectivity index is 1.52. The second-order valence-corrected chi connectivity index (χ2v) is 8.04. The van der Waals surface area contributed by atoms with Gasteiger partial charge in [0.1, 0.15) is 5.82 Å². The molecular formula is C23H29FN4O2. The third-order valence-corrected chi connectivity index (χ3v) is 6.04. The van der Waals surface area contributed by atoms with Crippen molar-refractivity contribution in [1.82, 2.24) is 20.0 Å². The van der Waals surface area contributed by atoms with Gasteiger partial charge in [-0.2, -0.15) is 5.10 Å². The second kappa shape index (κ2) is 9.10. The van der Waals surface area contributed by atoms with Crippen molar-refractivity contribution in [1.29, 1.82) is 0 Å². The highest BCUT2D eigenvalue weighted by molar-refractivity contribution is 5.94. The number of halogens is 1. The van der Waals surface area contributed by atoms with E-state index in [4.69, 9.17) is 4.74 Å². The summed E-state index contributed by atoms with van der Waals surface area (Å²) in [6.45, 7) is 9.36. The van der Waals surface area contributed by atoms with Crippen molar-refractivity contribution in [3.05, 3.63) is 64.7 Å². The third-order valence-electron chi connectivity index (χ3n) is 6.04. The number of allylic oxidation sites excluding steroid dienone is 1. The number of carbonyl (C=O) groups excluding carboxylic acids is 1. The monoisotopic (exact) mass is 412 g/mol. The highest BCUT2D eigenvalue weighted by Crippen LogP contribution is 2.27. The Kier molecular flexibility index (Phi) is 6.29. The van der Waals surface area contributed by atoms with Crippen LogP contribution in [-0.4, -0.2) is 52.9 Å². The minimum absolute atomic E-state index is 0.0148. The van der Waals surface area contributed by atoms with Crippen LogP contribution in [0.15, 0.2) is 30.9 Å². The SMILES string of the molecule is C=CCn1nc(C(=O)N2CCOCC2)c2c1CC[C@@H](NCc1cc(F)ccc1C)C2. The zero-order chi connectivity index (χ0) is 21.1. The van der Waals surface area contributed by atoms with Gasteiger partial charge < -0.3 is 15.0 Å². The van der Waals surface area contributed by atoms with Crippen molar-refractivity contribution in [2.24, 2.45) is 0 Å². The smallest absolute Gasteiger partial charge is 0.274 e. The Morgan fingerprint density at radius 2 is 2.20 bits per heavy atom. The molecule has 160 valence electrons. The Labute approximate surface area is 176 Å². The van der Waals surface area contributed by atoms with Gasteiger partial charge in [0.05, 0.1) is 19.8 Å². The molecule has 0 unspecified atom stereocenters. The number of nitrogens with one attached hydrogen (secondary N) is 1. The molecule has 0 spiro atoms. The number of benzene rings is 1. The summed E-state index contributed by atoms with van der Waals surface area (Å²) in [5.74, 6) is -0.230. The number of aromatic nitrogens is 2. The number of ether oxygens (including phenoxy) is 1. The van der Waals surface area contributed by atoms with Crippen molar-refractivity contribution >= 4 is 5.91 Å². The van der Waals surface area contributed by atoms with E-state index in [-0.39, 0.29) is 17.8 Å². The van der Waals surface area contributed by atoms with Gasteiger partial charge in [-0.1, -0.05) is 12.1 Å². The molecule has 1 amide bonds. The summed E-state index contributed by atoms with van der Waals surface area (Å²) >= 11 is 0. The van der Waals surface area contributed by atoms with Crippen molar-refractivity contribution in [2.45, 2.75) is 45.3 Å². The molecule has 1 N–H and O–H groups in total. The summed E-state index contributed by atoms with van der Waals surface area (Å²) in [6, 6.07) is 5.11. The summed E-state index contributed by atoms with van der Waals surface area (Å²) in [5.41, 5.74) is 4.76. The van der Waals surface area contributed by atoms with E-state index in [0.717, 1.165) is 41.6 Å². The van der Waals surface area contributed by atoms with Crippen molar-refractivity contribution in [2.75, 3.05) is 26.3 Å². The largest absolute Gasteiger partial charge is 0.378 e. The van der Waals surface area contributed by atoms with Crippen LogP contribution in [0.25, 0.3) is 0 Å². The maximum atomic E-state index is 13.6. The number of nitrogens with zero attached hydrogens (tertiary/aromatic N) is 3. The summed E-state index contributed by atoms with van der Waals surface area (Å²) in [4.78, 5) is 15.0. The third kappa shape index (κ3) is 4.32. The van der Waals surface area contributed by atoms with Crippen LogP contribution < -0.4 is 5.32 Å². The lowest BCUT2D eigenvalue weighted by atomic mass is 9.90. The predicted molar refractivity (Wildman–Crippen MR) is 113 cm³/mol. The number of aryl methyl sites for hydroxylation is 1. The number of rotatable bonds is 6. The van der Waals surface area contributed by atoms with Crippen molar-refractivity contribution < 1.29 is 13.9 Å². The Morgan fingerprint density at radius 1 is 1.40 bits per heavy atom. The van der Waals surface area contributed by atoms with Gasteiger partial charge >= 0.3 is 0 Å². The molecule has 1 saturated heterocycles. The molecule has 1 aliphatic heterocycles. The Bertz CT molecular complexity index is 934. The molecule has 4 rings (SSSR count). The average Bonchev–Trinajstić information content (AvgIpc) is 3.12. The lowest BCUT2D eigenvalue weighted by molar-refractivity contribution is 0.0297. The van der Waals surface area contributed by atoms with E-state index in [1.54, 1.807) is 6.07 Å². The van der Waals surface area contributed by atoms with Gasteiger partial charge in [-0.15, -0.1) is 6.58 Å². The van der Waals surface area contributed by atoms with E-state index in [2.05, 4.69) is 17.0 Å². The Hall–Kier alpha value is -2.51. The summed E-state index contributed by atoms with van der Waals surface area (Å²) in [5, 5.41) is 8.24. The molecule has 1 atom stereocenters. The minimum atomic E-state index is -0.215. The standard InChI is InChI=1S/C23H29FN4O2/c1-3-8-28-21-7-6-19(25-15-17-13-18(24)5-4-16(17)2)14-20(21)22(26-28)23(29)27-9-11-30-12-10-27/h3-5,13,19,25H,1,6-12,14-15H2,2H3/t19-/m1/s1. The van der Waals surface area contributed by atoms with Gasteiger partial charge in [-0.05, 0) is 49.4 Å². The molecule has 1 aliphatic carbocycles. The van der Waals surface area contributed by atoms with Crippen LogP contribution in [0.4, 0.5) is 4.39 Å². The van der Waals surface area contributed by atoms with Crippen molar-refractivity contribution in [3.63, 3.8) is 0 Å². The maximum Gasteiger partial charge on any atom is 0.274 e. The summed E-state index contributed by atoms with van der Waals surface area (Å²) in [7, 11) is 0. The number of amides is 1. The quantitative estimate of drug-likeness (QED) is 0.741. The van der Waals surface area contributed by atoms with Crippen LogP contribution in [0, 0.1) is 12.7 Å². The van der Waals surface area contributed by atoms with Crippen molar-refractivity contribution in [3.8, 4) is 0 Å². The molecule has 0 saturated carbocycles. The van der Waals surface area contributed by atoms with Gasteiger partial charge in [0.15, 0.2) is 5.69 Å². The highest BCUT2D eigenvalue weighted by Gasteiger charge is 2.31. The van der Waals surface area contributed by atoms with Gasteiger partial charge in [0, 0.05) is 36.9 Å². The van der Waals surface area contributed by atoms with Gasteiger partial charge in [0.2, 0.25) is 0 Å². The number of fused-ring (bicyclic) bond motifs is 1. The van der Waals surface area contributed by atoms with E-state index in [9.17, 15) is 9.18 Å². The topological polar surface area (TPSA) is 59.4 Å². The Morgan fingerprint density at radius 3 is 2.97 bits per heavy atom. The maximum absolute atomic E-state index is 13.6. The van der Waals surface area contributed by atoms with E-state index >= 15 is 0 Å². The zero-order valence-corrected chi connectivity index (χ0v) is 17.5. The first-order valence-electron chi connectivity index (χ1n) is 10.6. The van der Waals surface area contributed by atoms with Crippen LogP contribution in [0.2, 0.25) is 0 Å². The molecule has 2 heterocycles. The number of hydrogen-bond acceptors (Lipinski definition) is 4. The highest BCUT2D eigenvalue weighted by atomic mass is 19.1. The van der Waals surface area contributed by atoms with Crippen LogP contribution in [0.1, 0.15) is 39.3 Å². The van der Waals surface area contributed by atoms with E-state index in [0.29, 0.717) is 45.1 Å². The molecule has 6 nitrogen and oxygen atoms in total. The number of carbonyl (C=O) groups is 1. The molecule has 0 bridgehead atoms. The number of hydrogen-bond donors (Lipinski definition) is 1. The first kappa shape index (κ1) is 20.8. The van der Waals surface area contributed by atoms with Crippen LogP contribution in [0.3, 0.4) is 0 Å². The lowest BCUT2D eigenvalue weighted by Gasteiger charge is -2.28. The normalized spacial score (nSPS) is 18.9. The van der Waals surface area contributed by atoms with Gasteiger partial charge in [-0.3, -0.25) is 9.48 Å². The second-order valence-electron chi connectivity index (χ2n) is 8.04. The first-order chi connectivity index (χ1) is 14.6. The fourth-order valence-corrected chi connectivity index (χ4v) is 4.31. The number of morpholine rings is 1. The zero-order valence-electron chi connectivity index (χ0n) is 17.5. The molecule has 1 fully saturated rings. The molecule has 0 radical (unpaired) electrons. The molecule has 1 aromatic heterocycles. The van der Waals surface area contributed by atoms with Crippen LogP contribution >= 0.6 is 0 Å². The van der Waals surface area contributed by atoms with Crippen LogP contribution in [0.5, 0.6) is 0 Å². The summed E-state index contributed by atoms with van der Waals surface area (Å²) in [6.07, 6.45) is 4.36. The molecule has 2 aromatic rings. The fraction of sp³-hybridized carbons (Fsp3) is 0.478. The van der Waals surface area contributed by atoms with E-state index in [1.165, 1.54) is 6.07 Å². The molecule has 30 heavy (non-hydrogen) atoms. The summed E-state index contributed by atoms with van der Waals surface area (Å²) < 4.78 is 20.9. The predicted octanol–water partition coefficient (Wildman–Crippen LogP) is 2.64. The molecular weight excluding hydrogens is 383 g/mol. The molecule has 7 heteroatoms. The van der Waals surface area contributed by atoms with E-state index in [1.807, 2.05) is 28.6 Å². The molecule has 1 aromatic carbocycles. The van der Waals surface area contributed by atoms with Gasteiger partial charge in [0.25, 0.3) is 5.91 Å². The minimum Gasteiger partial charge on any atom is -0.378 e. The first-order valence-corrected chi connectivity index (χ1v) is 10.6. The lowest BCUT2D eigenvalue weighted by Crippen LogP contribution is -2.41. The van der Waals surface area contributed by atoms with E-state index < -0.39 is 0 Å². The van der Waals surface area contributed by atoms with Gasteiger partial charge in [-0.25, -0.2) is 4.39 Å².